The summed E-state index contributed by atoms with van der Waals surface area (Å²) in [6.07, 6.45) is 5.42. The maximum Gasteiger partial charge on any atom is 0.370 e. The van der Waals surface area contributed by atoms with E-state index in [1.165, 1.54) is 45.8 Å². The van der Waals surface area contributed by atoms with Crippen LogP contribution in [0.25, 0.3) is 83.3 Å². The molecule has 0 spiro atoms. The van der Waals surface area contributed by atoms with Crippen LogP contribution in [-0.4, -0.2) is 27.7 Å². The molecule has 1 N–H and O–H groups in total. The van der Waals surface area contributed by atoms with E-state index in [2.05, 4.69) is 170 Å². The van der Waals surface area contributed by atoms with Gasteiger partial charge in [0.25, 0.3) is 0 Å². The topological polar surface area (TPSA) is 68.0 Å². The van der Waals surface area contributed by atoms with Gasteiger partial charge in [0, 0.05) is 61.8 Å². The summed E-state index contributed by atoms with van der Waals surface area (Å²) in [4.78, 5) is 10.0. The second-order valence-electron chi connectivity index (χ2n) is 20.3. The average Bonchev–Trinajstić information content (AvgIpc) is 3.91. The van der Waals surface area contributed by atoms with Crippen molar-refractivity contribution in [3.05, 3.63) is 175 Å². The van der Waals surface area contributed by atoms with Crippen molar-refractivity contribution < 1.29 is 34.2 Å². The predicted octanol–water partition coefficient (Wildman–Crippen LogP) is 13.5. The average molecular weight is 1070 g/mol. The molecule has 0 atom stereocenters. The molecule has 5 heterocycles. The van der Waals surface area contributed by atoms with Crippen LogP contribution in [0.15, 0.2) is 150 Å². The Bertz CT molecular complexity index is 3430. The first-order valence-electron chi connectivity index (χ1n) is 23.3. The molecule has 10 aromatic rings. The minimum Gasteiger partial charge on any atom is -0.452 e. The van der Waals surface area contributed by atoms with Crippen LogP contribution >= 0.6 is 0 Å². The molecule has 0 bridgehead atoms. The van der Waals surface area contributed by atoms with E-state index < -0.39 is 13.7 Å². The maximum atomic E-state index is 10.5. The normalized spacial score (nSPS) is 13.1. The predicted molar refractivity (Wildman–Crippen MR) is 274 cm³/mol. The molecule has 1 radical (unpaired) electrons. The van der Waals surface area contributed by atoms with Gasteiger partial charge >= 0.3 is 5.71 Å². The second-order valence-corrected chi connectivity index (χ2v) is 25.4. The van der Waals surface area contributed by atoms with Gasteiger partial charge in [-0.05, 0) is 88.3 Å². The fraction of sp³-hybridized carbons (Fsp3) is 0.237. The van der Waals surface area contributed by atoms with Gasteiger partial charge in [-0.15, -0.1) is 54.1 Å². The minimum atomic E-state index is -1.54. The molecule has 11 rings (SSSR count). The molecular formula is C59H57IrN4O2Si-. The van der Waals surface area contributed by atoms with Crippen molar-refractivity contribution in [3.8, 4) is 39.5 Å². The number of hydrogen-bond donors (Lipinski definition) is 1. The van der Waals surface area contributed by atoms with Gasteiger partial charge < -0.3 is 19.1 Å². The fourth-order valence-electron chi connectivity index (χ4n) is 9.57. The molecule has 0 saturated carbocycles. The van der Waals surface area contributed by atoms with Crippen LogP contribution in [0.1, 0.15) is 64.3 Å². The first-order valence-corrected chi connectivity index (χ1v) is 26.8. The number of imidazole rings is 1. The fourth-order valence-corrected chi connectivity index (χ4v) is 11.2. The van der Waals surface area contributed by atoms with Gasteiger partial charge in [0.15, 0.2) is 12.2 Å². The molecule has 4 aromatic heterocycles. The molecular weight excluding hydrogens is 1020 g/mol. The quantitative estimate of drug-likeness (QED) is 0.102. The van der Waals surface area contributed by atoms with E-state index in [0.29, 0.717) is 0 Å². The molecule has 1 aliphatic heterocycles. The van der Waals surface area contributed by atoms with Crippen LogP contribution in [0.2, 0.25) is 19.6 Å². The molecule has 339 valence electrons. The Kier molecular flexibility index (Phi) is 12.3. The van der Waals surface area contributed by atoms with Crippen molar-refractivity contribution in [3.63, 3.8) is 0 Å². The summed E-state index contributed by atoms with van der Waals surface area (Å²) >= 11 is 0. The molecule has 6 aromatic carbocycles. The number of rotatable bonds is 6. The number of pyridine rings is 2. The van der Waals surface area contributed by atoms with Crippen molar-refractivity contribution >= 4 is 57.1 Å². The molecule has 0 saturated heterocycles. The second kappa shape index (κ2) is 17.9. The largest absolute Gasteiger partial charge is 0.452 e. The third kappa shape index (κ3) is 8.73. The molecule has 6 nitrogen and oxygen atoms in total. The Morgan fingerprint density at radius 1 is 0.746 bits per heavy atom. The van der Waals surface area contributed by atoms with Crippen molar-refractivity contribution in [1.29, 1.82) is 0 Å². The summed E-state index contributed by atoms with van der Waals surface area (Å²) in [5.74, 6) is 0.829. The number of aryl methyl sites for hydroxylation is 2. The Balaban J connectivity index is 0.000000226. The third-order valence-electron chi connectivity index (χ3n) is 13.1. The first-order chi connectivity index (χ1) is 31.6. The molecule has 0 unspecified atom stereocenters. The molecule has 0 fully saturated rings. The van der Waals surface area contributed by atoms with Gasteiger partial charge in [0.2, 0.25) is 0 Å². The molecule has 8 heteroatoms. The standard InChI is InChI=1S/C42H35N3O.C17H22NOSi.Ir/c1-42(2,3)29-20-24-36(35(26-29)27-12-5-4-6-13-27)45-37-23-19-28-14-7-8-16-31(28)38(37)43-40(45)34-18-11-17-32-33-22-21-30-15-9-10-25-44(30)41(33)46-39(32)34;1-17(2,19)14-11-15(13-9-7-6-8-10-13)18-12-16(14)20(3,4)5;/h4-8,11-14,16-17,19-24,26H,9-10,15,25H2,1-3H3;6-9,11-12,19H,1-5H3;/q;-1;. The number of fused-ring (bicyclic) bond motifs is 8. The van der Waals surface area contributed by atoms with Crippen molar-refractivity contribution in [2.24, 2.45) is 0 Å². The number of nitrogens with zero attached hydrogens (tertiary/aromatic N) is 4. The molecule has 1 aliphatic rings. The Labute approximate surface area is 408 Å². The van der Waals surface area contributed by atoms with Crippen LogP contribution in [0.3, 0.4) is 0 Å². The van der Waals surface area contributed by atoms with Crippen LogP contribution in [0.4, 0.5) is 0 Å². The number of benzene rings is 6. The molecule has 0 aliphatic carbocycles. The number of hydrogen-bond acceptors (Lipinski definition) is 4. The smallest absolute Gasteiger partial charge is 0.370 e. The zero-order valence-electron chi connectivity index (χ0n) is 39.7. The van der Waals surface area contributed by atoms with Gasteiger partial charge in [0.05, 0.1) is 41.5 Å². The van der Waals surface area contributed by atoms with Gasteiger partial charge in [-0.2, -0.15) is 4.57 Å². The third-order valence-corrected chi connectivity index (χ3v) is 15.1. The van der Waals surface area contributed by atoms with Gasteiger partial charge in [-0.1, -0.05) is 119 Å². The molecule has 0 amide bonds. The van der Waals surface area contributed by atoms with E-state index in [1.54, 1.807) is 0 Å². The van der Waals surface area contributed by atoms with Gasteiger partial charge in [-0.25, -0.2) is 0 Å². The maximum absolute atomic E-state index is 10.5. The first kappa shape index (κ1) is 46.1. The van der Waals surface area contributed by atoms with Crippen molar-refractivity contribution in [1.82, 2.24) is 14.5 Å². The van der Waals surface area contributed by atoms with E-state index in [9.17, 15) is 5.11 Å². The summed E-state index contributed by atoms with van der Waals surface area (Å²) in [5, 5.41) is 16.2. The van der Waals surface area contributed by atoms with E-state index in [-0.39, 0.29) is 25.5 Å². The monoisotopic (exact) mass is 1070 g/mol. The van der Waals surface area contributed by atoms with Gasteiger partial charge in [-0.3, -0.25) is 4.98 Å². The van der Waals surface area contributed by atoms with E-state index in [0.717, 1.165) is 85.4 Å². The number of furan rings is 1. The number of aliphatic hydroxyl groups is 1. The minimum absolute atomic E-state index is 0. The van der Waals surface area contributed by atoms with Crippen LogP contribution in [0, 0.1) is 12.1 Å². The summed E-state index contributed by atoms with van der Waals surface area (Å²) in [6.45, 7) is 18.3. The Morgan fingerprint density at radius 3 is 2.27 bits per heavy atom. The zero-order chi connectivity index (χ0) is 46.0. The van der Waals surface area contributed by atoms with Crippen molar-refractivity contribution in [2.45, 2.75) is 91.1 Å². The van der Waals surface area contributed by atoms with Crippen LogP contribution in [0.5, 0.6) is 0 Å². The summed E-state index contributed by atoms with van der Waals surface area (Å²) < 4.78 is 11.6. The SMILES string of the molecule is CC(C)(C)c1ccc(-n2c(-c3[c-]ccc4c3oc3c4ccc4[n+]3CCCC4)nc3c4ccccc4ccc32)c(-c2ccccc2)c1.CC(C)(O)c1cc(-c2[c-]cccc2)ncc1[Si](C)(C)C.[Ir]. The van der Waals surface area contributed by atoms with Gasteiger partial charge in [0.1, 0.15) is 0 Å². The number of aromatic nitrogens is 4. The van der Waals surface area contributed by atoms with E-state index >= 15 is 0 Å². The summed E-state index contributed by atoms with van der Waals surface area (Å²) in [5.41, 5.74) is 12.7. The Morgan fingerprint density at radius 2 is 1.52 bits per heavy atom. The van der Waals surface area contributed by atoms with Crippen molar-refractivity contribution in [2.75, 3.05) is 0 Å². The van der Waals surface area contributed by atoms with Crippen LogP contribution in [-0.2, 0) is 44.1 Å². The van der Waals surface area contributed by atoms with E-state index in [4.69, 9.17) is 9.40 Å². The Hall–Kier alpha value is -6.02. The summed E-state index contributed by atoms with van der Waals surface area (Å²) in [6, 6.07) is 55.8. The zero-order valence-corrected chi connectivity index (χ0v) is 43.1. The molecule has 67 heavy (non-hydrogen) atoms. The van der Waals surface area contributed by atoms with E-state index in [1.807, 2.05) is 56.4 Å². The van der Waals surface area contributed by atoms with Crippen LogP contribution < -0.4 is 9.75 Å². The summed E-state index contributed by atoms with van der Waals surface area (Å²) in [7, 11) is -1.54.